The highest BCUT2D eigenvalue weighted by molar-refractivity contribution is 6.34. The standard InChI is InChI=1S/C23H20Cl2N6O2/c1-12(2)31-10-16(19-21(26)27-11-28-22(19)31)20(32)13-3-8-17(25)18(9-13)30-23(33)29-15-6-4-14(24)5-7-15/h3-12H,1-2H3,(H2,26,27,28)(H2,29,30,33). The van der Waals surface area contributed by atoms with Crippen molar-refractivity contribution >= 4 is 63.2 Å². The van der Waals surface area contributed by atoms with Gasteiger partial charge in [0.2, 0.25) is 0 Å². The second-order valence-electron chi connectivity index (χ2n) is 7.61. The molecule has 2 heterocycles. The monoisotopic (exact) mass is 482 g/mol. The fourth-order valence-electron chi connectivity index (χ4n) is 3.41. The zero-order valence-corrected chi connectivity index (χ0v) is 19.3. The minimum Gasteiger partial charge on any atom is -0.383 e. The zero-order valence-electron chi connectivity index (χ0n) is 17.8. The second kappa shape index (κ2) is 9.09. The van der Waals surface area contributed by atoms with Crippen molar-refractivity contribution in [1.82, 2.24) is 14.5 Å². The third-order valence-corrected chi connectivity index (χ3v) is 5.60. The van der Waals surface area contributed by atoms with Crippen LogP contribution >= 0.6 is 23.2 Å². The van der Waals surface area contributed by atoms with Gasteiger partial charge in [0.1, 0.15) is 17.8 Å². The van der Waals surface area contributed by atoms with Gasteiger partial charge in [-0.15, -0.1) is 0 Å². The first-order chi connectivity index (χ1) is 15.7. The molecular weight excluding hydrogens is 463 g/mol. The van der Waals surface area contributed by atoms with E-state index in [4.69, 9.17) is 28.9 Å². The van der Waals surface area contributed by atoms with Crippen molar-refractivity contribution in [3.05, 3.63) is 76.2 Å². The highest BCUT2D eigenvalue weighted by atomic mass is 35.5. The van der Waals surface area contributed by atoms with Crippen LogP contribution in [-0.2, 0) is 0 Å². The lowest BCUT2D eigenvalue weighted by Crippen LogP contribution is -2.19. The molecule has 4 aromatic rings. The van der Waals surface area contributed by atoms with Crippen LogP contribution in [0.1, 0.15) is 35.8 Å². The highest BCUT2D eigenvalue weighted by Crippen LogP contribution is 2.30. The van der Waals surface area contributed by atoms with Gasteiger partial charge < -0.3 is 20.9 Å². The Hall–Kier alpha value is -3.62. The largest absolute Gasteiger partial charge is 0.383 e. The number of anilines is 3. The maximum atomic E-state index is 13.4. The van der Waals surface area contributed by atoms with Gasteiger partial charge >= 0.3 is 6.03 Å². The fraction of sp³-hybridized carbons (Fsp3) is 0.130. The summed E-state index contributed by atoms with van der Waals surface area (Å²) in [6, 6.07) is 10.9. The summed E-state index contributed by atoms with van der Waals surface area (Å²) in [4.78, 5) is 34.2. The summed E-state index contributed by atoms with van der Waals surface area (Å²) in [5, 5.41) is 6.68. The summed E-state index contributed by atoms with van der Waals surface area (Å²) in [7, 11) is 0. The number of nitrogens with two attached hydrogens (primary N) is 1. The lowest BCUT2D eigenvalue weighted by molar-refractivity contribution is 0.104. The number of urea groups is 1. The molecular formula is C23H20Cl2N6O2. The van der Waals surface area contributed by atoms with Crippen LogP contribution in [0, 0.1) is 0 Å². The molecule has 0 unspecified atom stereocenters. The van der Waals surface area contributed by atoms with Crippen LogP contribution in [-0.4, -0.2) is 26.3 Å². The third kappa shape index (κ3) is 4.62. The number of fused-ring (bicyclic) bond motifs is 1. The van der Waals surface area contributed by atoms with Gasteiger partial charge in [-0.1, -0.05) is 23.2 Å². The number of halogens is 2. The van der Waals surface area contributed by atoms with E-state index in [1.807, 2.05) is 18.4 Å². The molecule has 0 aliphatic rings. The Morgan fingerprint density at radius 1 is 1.03 bits per heavy atom. The number of carbonyl (C=O) groups is 2. The summed E-state index contributed by atoms with van der Waals surface area (Å²) < 4.78 is 1.87. The van der Waals surface area contributed by atoms with Gasteiger partial charge in [-0.05, 0) is 56.3 Å². The Morgan fingerprint density at radius 2 is 1.76 bits per heavy atom. The van der Waals surface area contributed by atoms with E-state index in [1.165, 1.54) is 12.4 Å². The number of rotatable bonds is 5. The first kappa shape index (κ1) is 22.6. The Labute approximate surface area is 199 Å². The zero-order chi connectivity index (χ0) is 23.7. The Balaban J connectivity index is 1.64. The molecule has 0 atom stereocenters. The predicted molar refractivity (Wildman–Crippen MR) is 131 cm³/mol. The van der Waals surface area contributed by atoms with Crippen LogP contribution in [0.4, 0.5) is 22.0 Å². The maximum absolute atomic E-state index is 13.4. The van der Waals surface area contributed by atoms with Crippen molar-refractivity contribution in [2.45, 2.75) is 19.9 Å². The van der Waals surface area contributed by atoms with E-state index in [2.05, 4.69) is 20.6 Å². The third-order valence-electron chi connectivity index (χ3n) is 5.02. The summed E-state index contributed by atoms with van der Waals surface area (Å²) >= 11 is 12.1. The lowest BCUT2D eigenvalue weighted by Gasteiger charge is -2.11. The number of nitrogens with zero attached hydrogens (tertiary/aromatic N) is 3. The maximum Gasteiger partial charge on any atom is 0.323 e. The molecule has 0 fully saturated rings. The Morgan fingerprint density at radius 3 is 2.45 bits per heavy atom. The molecule has 0 aliphatic carbocycles. The topological polar surface area (TPSA) is 115 Å². The molecule has 0 aliphatic heterocycles. The summed E-state index contributed by atoms with van der Waals surface area (Å²) in [6.07, 6.45) is 3.09. The molecule has 4 N–H and O–H groups in total. The molecule has 33 heavy (non-hydrogen) atoms. The van der Waals surface area contributed by atoms with Crippen molar-refractivity contribution in [2.24, 2.45) is 0 Å². The van der Waals surface area contributed by atoms with Crippen molar-refractivity contribution < 1.29 is 9.59 Å². The van der Waals surface area contributed by atoms with Gasteiger partial charge in [-0.3, -0.25) is 4.79 Å². The smallest absolute Gasteiger partial charge is 0.323 e. The molecule has 0 spiro atoms. The van der Waals surface area contributed by atoms with E-state index in [0.29, 0.717) is 32.9 Å². The first-order valence-electron chi connectivity index (χ1n) is 10.0. The second-order valence-corrected chi connectivity index (χ2v) is 8.45. The Kier molecular flexibility index (Phi) is 6.22. The lowest BCUT2D eigenvalue weighted by atomic mass is 10.0. The molecule has 168 valence electrons. The average Bonchev–Trinajstić information content (AvgIpc) is 3.18. The fourth-order valence-corrected chi connectivity index (χ4v) is 3.70. The number of benzene rings is 2. The summed E-state index contributed by atoms with van der Waals surface area (Å²) in [5.41, 5.74) is 8.19. The molecule has 0 bridgehead atoms. The molecule has 0 saturated carbocycles. The number of hydrogen-bond acceptors (Lipinski definition) is 5. The first-order valence-corrected chi connectivity index (χ1v) is 10.8. The Bertz CT molecular complexity index is 1370. The number of hydrogen-bond donors (Lipinski definition) is 3. The number of amides is 2. The van der Waals surface area contributed by atoms with Crippen molar-refractivity contribution in [3.63, 3.8) is 0 Å². The van der Waals surface area contributed by atoms with Crippen LogP contribution < -0.4 is 16.4 Å². The number of nitrogen functional groups attached to an aromatic ring is 1. The van der Waals surface area contributed by atoms with Crippen LogP contribution in [0.2, 0.25) is 10.0 Å². The quantitative estimate of drug-likeness (QED) is 0.312. The van der Waals surface area contributed by atoms with E-state index < -0.39 is 6.03 Å². The number of aromatic nitrogens is 3. The van der Waals surface area contributed by atoms with Gasteiger partial charge in [0.15, 0.2) is 5.78 Å². The van der Waals surface area contributed by atoms with E-state index in [1.54, 1.807) is 42.6 Å². The van der Waals surface area contributed by atoms with E-state index in [-0.39, 0.29) is 28.4 Å². The van der Waals surface area contributed by atoms with Crippen molar-refractivity contribution in [2.75, 3.05) is 16.4 Å². The van der Waals surface area contributed by atoms with Crippen LogP contribution in [0.3, 0.4) is 0 Å². The van der Waals surface area contributed by atoms with Gasteiger partial charge in [-0.2, -0.15) is 0 Å². The molecule has 0 saturated heterocycles. The van der Waals surface area contributed by atoms with Crippen molar-refractivity contribution in [1.29, 1.82) is 0 Å². The minimum absolute atomic E-state index is 0.0577. The predicted octanol–water partition coefficient (Wildman–Crippen LogP) is 5.78. The van der Waals surface area contributed by atoms with Gasteiger partial charge in [0.25, 0.3) is 0 Å². The molecule has 10 heteroatoms. The molecule has 8 nitrogen and oxygen atoms in total. The van der Waals surface area contributed by atoms with Crippen LogP contribution in [0.5, 0.6) is 0 Å². The molecule has 2 aromatic heterocycles. The normalized spacial score (nSPS) is 11.1. The SMILES string of the molecule is CC(C)n1cc(C(=O)c2ccc(Cl)c(NC(=O)Nc3ccc(Cl)cc3)c2)c2c(N)ncnc21. The van der Waals surface area contributed by atoms with Gasteiger partial charge in [0, 0.05) is 28.5 Å². The van der Waals surface area contributed by atoms with E-state index in [0.717, 1.165) is 0 Å². The summed E-state index contributed by atoms with van der Waals surface area (Å²) in [6.45, 7) is 3.96. The average molecular weight is 483 g/mol. The number of ketones is 1. The van der Waals surface area contributed by atoms with Gasteiger partial charge in [0.05, 0.1) is 21.7 Å². The highest BCUT2D eigenvalue weighted by Gasteiger charge is 2.22. The number of carbonyl (C=O) groups excluding carboxylic acids is 2. The van der Waals surface area contributed by atoms with Crippen molar-refractivity contribution in [3.8, 4) is 0 Å². The van der Waals surface area contributed by atoms with Crippen LogP contribution in [0.25, 0.3) is 11.0 Å². The van der Waals surface area contributed by atoms with Gasteiger partial charge in [-0.25, -0.2) is 14.8 Å². The summed E-state index contributed by atoms with van der Waals surface area (Å²) in [5.74, 6) is -0.0730. The van der Waals surface area contributed by atoms with Crippen LogP contribution in [0.15, 0.2) is 55.0 Å². The number of nitrogens with one attached hydrogen (secondary N) is 2. The minimum atomic E-state index is -0.516. The molecule has 2 aromatic carbocycles. The molecule has 2 amide bonds. The molecule has 4 rings (SSSR count). The van der Waals surface area contributed by atoms with E-state index in [9.17, 15) is 9.59 Å². The molecule has 0 radical (unpaired) electrons. The van der Waals surface area contributed by atoms with E-state index >= 15 is 0 Å².